The van der Waals surface area contributed by atoms with Gasteiger partial charge in [-0.25, -0.2) is 0 Å². The van der Waals surface area contributed by atoms with E-state index in [1.54, 1.807) is 0 Å². The lowest BCUT2D eigenvalue weighted by Gasteiger charge is -2.36. The summed E-state index contributed by atoms with van der Waals surface area (Å²) in [6.45, 7) is 9.32. The molecule has 3 N–H and O–H groups in total. The Morgan fingerprint density at radius 2 is 1.75 bits per heavy atom. The normalized spacial score (nSPS) is 37.4. The molecule has 2 aliphatic heterocycles. The van der Waals surface area contributed by atoms with Crippen molar-refractivity contribution < 1.29 is 9.63 Å². The van der Waals surface area contributed by atoms with E-state index < -0.39 is 0 Å². The van der Waals surface area contributed by atoms with E-state index in [9.17, 15) is 4.79 Å². The highest BCUT2D eigenvalue weighted by molar-refractivity contribution is 5.75. The Labute approximate surface area is 195 Å². The standard InChI is InChI=1S/C26H48N4O2/c1-19-6-8-23(9-7-19)26-28-25(32-29-26)11-10-24(31)27-17-21-12-14-30(15-13-21)18-22-5-3-4-20(2)16-22/h19-23,25-26,28-29H,3-18H2,1-2H3,(H,27,31). The molecule has 0 aromatic heterocycles. The smallest absolute Gasteiger partial charge is 0.220 e. The molecule has 0 radical (unpaired) electrons. The van der Waals surface area contributed by atoms with Crippen molar-refractivity contribution in [2.75, 3.05) is 26.2 Å². The van der Waals surface area contributed by atoms with Gasteiger partial charge in [0.1, 0.15) is 6.23 Å². The van der Waals surface area contributed by atoms with Crippen molar-refractivity contribution in [2.45, 2.75) is 103 Å². The number of rotatable bonds is 8. The molecule has 4 atom stereocenters. The Bertz CT molecular complexity index is 572. The molecule has 2 saturated carbocycles. The first-order valence-corrected chi connectivity index (χ1v) is 13.7. The highest BCUT2D eigenvalue weighted by Crippen LogP contribution is 2.31. The van der Waals surface area contributed by atoms with Crippen molar-refractivity contribution in [3.05, 3.63) is 0 Å². The van der Waals surface area contributed by atoms with E-state index in [4.69, 9.17) is 4.84 Å². The Morgan fingerprint density at radius 1 is 0.969 bits per heavy atom. The number of nitrogens with zero attached hydrogens (tertiary/aromatic N) is 1. The van der Waals surface area contributed by atoms with Crippen LogP contribution in [0.25, 0.3) is 0 Å². The van der Waals surface area contributed by atoms with Crippen LogP contribution in [0.2, 0.25) is 0 Å². The maximum absolute atomic E-state index is 12.4. The van der Waals surface area contributed by atoms with E-state index in [0.717, 1.165) is 30.7 Å². The minimum absolute atomic E-state index is 0.0455. The van der Waals surface area contributed by atoms with E-state index in [0.29, 0.717) is 18.3 Å². The van der Waals surface area contributed by atoms with Gasteiger partial charge in [0.2, 0.25) is 5.91 Å². The van der Waals surface area contributed by atoms with Crippen molar-refractivity contribution in [3.8, 4) is 0 Å². The monoisotopic (exact) mass is 448 g/mol. The van der Waals surface area contributed by atoms with E-state index >= 15 is 0 Å². The van der Waals surface area contributed by atoms with Crippen molar-refractivity contribution in [1.82, 2.24) is 21.0 Å². The molecule has 2 aliphatic carbocycles. The molecule has 4 aliphatic rings. The lowest BCUT2D eigenvalue weighted by Crippen LogP contribution is -2.42. The van der Waals surface area contributed by atoms with Crippen molar-refractivity contribution in [3.63, 3.8) is 0 Å². The van der Waals surface area contributed by atoms with Gasteiger partial charge in [0.25, 0.3) is 0 Å². The molecule has 0 aromatic rings. The summed E-state index contributed by atoms with van der Waals surface area (Å²) in [5, 5.41) is 6.75. The number of likely N-dealkylation sites (tertiary alicyclic amines) is 1. The van der Waals surface area contributed by atoms with Crippen LogP contribution < -0.4 is 16.1 Å². The Balaban J connectivity index is 1.05. The molecule has 2 saturated heterocycles. The lowest BCUT2D eigenvalue weighted by atomic mass is 9.81. The summed E-state index contributed by atoms with van der Waals surface area (Å²) in [5.74, 6) is 4.16. The number of nitrogens with one attached hydrogen (secondary N) is 3. The van der Waals surface area contributed by atoms with Crippen molar-refractivity contribution >= 4 is 5.91 Å². The SMILES string of the molecule is CC1CCC(C2NOC(CCC(=O)NCC3CCN(CC4CCCC(C)C4)CC3)N2)CC1. The Hall–Kier alpha value is -0.690. The van der Waals surface area contributed by atoms with E-state index in [2.05, 4.69) is 34.9 Å². The molecule has 0 bridgehead atoms. The predicted octanol–water partition coefficient (Wildman–Crippen LogP) is 4.02. The number of hydroxylamine groups is 1. The van der Waals surface area contributed by atoms with Crippen LogP contribution in [-0.4, -0.2) is 49.4 Å². The molecule has 0 spiro atoms. The topological polar surface area (TPSA) is 65.6 Å². The van der Waals surface area contributed by atoms with Crippen LogP contribution in [-0.2, 0) is 9.63 Å². The number of piperidine rings is 1. The summed E-state index contributed by atoms with van der Waals surface area (Å²) in [7, 11) is 0. The van der Waals surface area contributed by atoms with Gasteiger partial charge < -0.3 is 10.2 Å². The van der Waals surface area contributed by atoms with Gasteiger partial charge in [-0.3, -0.25) is 14.9 Å². The van der Waals surface area contributed by atoms with Gasteiger partial charge >= 0.3 is 0 Å². The third-order valence-electron chi connectivity index (χ3n) is 8.72. The zero-order valence-electron chi connectivity index (χ0n) is 20.6. The summed E-state index contributed by atoms with van der Waals surface area (Å²) in [4.78, 5) is 20.8. The predicted molar refractivity (Wildman–Crippen MR) is 129 cm³/mol. The van der Waals surface area contributed by atoms with Crippen molar-refractivity contribution in [1.29, 1.82) is 0 Å². The quantitative estimate of drug-likeness (QED) is 0.523. The highest BCUT2D eigenvalue weighted by atomic mass is 16.7. The van der Waals surface area contributed by atoms with E-state index in [1.165, 1.54) is 83.8 Å². The highest BCUT2D eigenvalue weighted by Gasteiger charge is 2.33. The van der Waals surface area contributed by atoms with Gasteiger partial charge in [-0.05, 0) is 87.6 Å². The van der Waals surface area contributed by atoms with Gasteiger partial charge in [0.15, 0.2) is 0 Å². The molecule has 0 aromatic carbocycles. The first-order valence-electron chi connectivity index (χ1n) is 13.7. The number of amides is 1. The second-order valence-electron chi connectivity index (χ2n) is 11.6. The van der Waals surface area contributed by atoms with Gasteiger partial charge in [0, 0.05) is 19.5 Å². The van der Waals surface area contributed by atoms with Crippen LogP contribution in [0.3, 0.4) is 0 Å². The fraction of sp³-hybridized carbons (Fsp3) is 0.962. The molecule has 4 fully saturated rings. The fourth-order valence-corrected chi connectivity index (χ4v) is 6.49. The maximum atomic E-state index is 12.4. The minimum atomic E-state index is -0.0455. The first kappa shape index (κ1) is 24.4. The number of carbonyl (C=O) groups is 1. The lowest BCUT2D eigenvalue weighted by molar-refractivity contribution is -0.122. The summed E-state index contributed by atoms with van der Waals surface area (Å²) >= 11 is 0. The Morgan fingerprint density at radius 3 is 2.50 bits per heavy atom. The number of carbonyl (C=O) groups excluding carboxylic acids is 1. The Kier molecular flexibility index (Phi) is 9.27. The molecule has 1 amide bonds. The van der Waals surface area contributed by atoms with Crippen LogP contribution in [0.15, 0.2) is 0 Å². The zero-order valence-corrected chi connectivity index (χ0v) is 20.6. The van der Waals surface area contributed by atoms with Crippen LogP contribution >= 0.6 is 0 Å². The molecule has 4 unspecified atom stereocenters. The van der Waals surface area contributed by atoms with E-state index in [-0.39, 0.29) is 18.3 Å². The first-order chi connectivity index (χ1) is 15.5. The van der Waals surface area contributed by atoms with Crippen LogP contribution in [0.4, 0.5) is 0 Å². The van der Waals surface area contributed by atoms with Gasteiger partial charge in [-0.1, -0.05) is 39.5 Å². The third kappa shape index (κ3) is 7.41. The zero-order chi connectivity index (χ0) is 22.3. The van der Waals surface area contributed by atoms with Crippen molar-refractivity contribution in [2.24, 2.45) is 29.6 Å². The van der Waals surface area contributed by atoms with Crippen LogP contribution in [0.1, 0.15) is 90.9 Å². The molecular formula is C26H48N4O2. The summed E-state index contributed by atoms with van der Waals surface area (Å²) in [6, 6.07) is 0. The van der Waals surface area contributed by atoms with Gasteiger partial charge in [-0.2, -0.15) is 5.48 Å². The van der Waals surface area contributed by atoms with Crippen LogP contribution in [0, 0.1) is 29.6 Å². The second-order valence-corrected chi connectivity index (χ2v) is 11.6. The minimum Gasteiger partial charge on any atom is -0.356 e. The molecule has 4 rings (SSSR count). The second kappa shape index (κ2) is 12.1. The van der Waals surface area contributed by atoms with E-state index in [1.807, 2.05) is 0 Å². The number of hydrogen-bond acceptors (Lipinski definition) is 5. The molecule has 6 nitrogen and oxygen atoms in total. The maximum Gasteiger partial charge on any atom is 0.220 e. The summed E-state index contributed by atoms with van der Waals surface area (Å²) in [6.07, 6.45) is 14.8. The van der Waals surface area contributed by atoms with Gasteiger partial charge in [0.05, 0.1) is 6.17 Å². The fourth-order valence-electron chi connectivity index (χ4n) is 6.49. The number of hydrogen-bond donors (Lipinski definition) is 3. The third-order valence-corrected chi connectivity index (χ3v) is 8.72. The average Bonchev–Trinajstić information content (AvgIpc) is 3.27. The molecular weight excluding hydrogens is 400 g/mol. The van der Waals surface area contributed by atoms with Gasteiger partial charge in [-0.15, -0.1) is 0 Å². The van der Waals surface area contributed by atoms with Crippen LogP contribution in [0.5, 0.6) is 0 Å². The average molecular weight is 449 g/mol. The molecule has 32 heavy (non-hydrogen) atoms. The molecule has 2 heterocycles. The summed E-state index contributed by atoms with van der Waals surface area (Å²) < 4.78 is 0. The largest absolute Gasteiger partial charge is 0.356 e. The molecule has 6 heteroatoms. The molecule has 184 valence electrons. The summed E-state index contributed by atoms with van der Waals surface area (Å²) in [5.41, 5.74) is 3.19.